The summed E-state index contributed by atoms with van der Waals surface area (Å²) in [6, 6.07) is 0.703. The Kier molecular flexibility index (Phi) is 1.70. The molecular formula is C9H11N5. The van der Waals surface area contributed by atoms with Crippen molar-refractivity contribution in [3.05, 3.63) is 18.3 Å². The zero-order chi connectivity index (χ0) is 9.38. The number of imidazole rings is 1. The molecule has 72 valence electrons. The van der Waals surface area contributed by atoms with Crippen LogP contribution in [0.5, 0.6) is 0 Å². The summed E-state index contributed by atoms with van der Waals surface area (Å²) in [5, 5.41) is 3.39. The zero-order valence-electron chi connectivity index (χ0n) is 7.70. The fourth-order valence-corrected chi connectivity index (χ4v) is 1.42. The molecule has 0 radical (unpaired) electrons. The highest BCUT2D eigenvalue weighted by atomic mass is 15.1. The molecule has 5 heteroatoms. The lowest BCUT2D eigenvalue weighted by molar-refractivity contribution is 0.665. The van der Waals surface area contributed by atoms with E-state index in [2.05, 4.69) is 25.3 Å². The van der Waals surface area contributed by atoms with Crippen LogP contribution in [0.25, 0.3) is 11.2 Å². The van der Waals surface area contributed by atoms with Crippen LogP contribution in [0.1, 0.15) is 18.7 Å². The third kappa shape index (κ3) is 1.46. The number of nitrogens with zero attached hydrogens (tertiary/aromatic N) is 3. The molecule has 2 heterocycles. The van der Waals surface area contributed by atoms with Gasteiger partial charge in [-0.2, -0.15) is 0 Å². The Balaban J connectivity index is 1.82. The van der Waals surface area contributed by atoms with Crippen LogP contribution in [0, 0.1) is 0 Å². The normalized spacial score (nSPS) is 16.3. The first kappa shape index (κ1) is 7.87. The van der Waals surface area contributed by atoms with Crippen molar-refractivity contribution in [3.8, 4) is 0 Å². The van der Waals surface area contributed by atoms with Crippen molar-refractivity contribution in [2.24, 2.45) is 0 Å². The molecule has 0 amide bonds. The van der Waals surface area contributed by atoms with Crippen molar-refractivity contribution in [1.82, 2.24) is 25.3 Å². The summed E-state index contributed by atoms with van der Waals surface area (Å²) in [6.45, 7) is 0.793. The Morgan fingerprint density at radius 3 is 3.21 bits per heavy atom. The van der Waals surface area contributed by atoms with Gasteiger partial charge in [-0.05, 0) is 12.8 Å². The number of hydrogen-bond donors (Lipinski definition) is 2. The smallest absolute Gasteiger partial charge is 0.180 e. The van der Waals surface area contributed by atoms with Crippen LogP contribution in [-0.4, -0.2) is 26.0 Å². The molecular weight excluding hydrogens is 178 g/mol. The van der Waals surface area contributed by atoms with Gasteiger partial charge in [0.25, 0.3) is 0 Å². The van der Waals surface area contributed by atoms with Crippen LogP contribution in [0.4, 0.5) is 0 Å². The Morgan fingerprint density at radius 2 is 2.43 bits per heavy atom. The number of aromatic amines is 1. The average molecular weight is 189 g/mol. The molecule has 0 unspecified atom stereocenters. The van der Waals surface area contributed by atoms with Crippen LogP contribution >= 0.6 is 0 Å². The van der Waals surface area contributed by atoms with E-state index in [1.807, 2.05) is 0 Å². The number of H-pyrrole nitrogens is 1. The summed E-state index contributed by atoms with van der Waals surface area (Å²) < 4.78 is 0. The van der Waals surface area contributed by atoms with E-state index in [1.54, 1.807) is 6.20 Å². The topological polar surface area (TPSA) is 66.5 Å². The molecule has 2 aromatic heterocycles. The molecule has 1 aliphatic carbocycles. The minimum Gasteiger partial charge on any atom is -0.338 e. The van der Waals surface area contributed by atoms with E-state index in [4.69, 9.17) is 0 Å². The fourth-order valence-electron chi connectivity index (χ4n) is 1.42. The number of fused-ring (bicyclic) bond motifs is 1. The third-order valence-electron chi connectivity index (χ3n) is 2.35. The summed E-state index contributed by atoms with van der Waals surface area (Å²) >= 11 is 0. The van der Waals surface area contributed by atoms with E-state index in [9.17, 15) is 0 Å². The molecule has 2 N–H and O–H groups in total. The summed E-state index contributed by atoms with van der Waals surface area (Å²) in [5.41, 5.74) is 1.65. The molecule has 5 nitrogen and oxygen atoms in total. The molecule has 1 aliphatic rings. The molecule has 0 bridgehead atoms. The van der Waals surface area contributed by atoms with Gasteiger partial charge in [0.05, 0.1) is 12.7 Å². The molecule has 3 rings (SSSR count). The lowest BCUT2D eigenvalue weighted by Crippen LogP contribution is -2.16. The largest absolute Gasteiger partial charge is 0.338 e. The van der Waals surface area contributed by atoms with Crippen molar-refractivity contribution in [2.75, 3.05) is 0 Å². The Morgan fingerprint density at radius 1 is 1.50 bits per heavy atom. The van der Waals surface area contributed by atoms with E-state index < -0.39 is 0 Å². The molecule has 1 fully saturated rings. The highest BCUT2D eigenvalue weighted by Crippen LogP contribution is 2.19. The van der Waals surface area contributed by atoms with Gasteiger partial charge in [-0.15, -0.1) is 0 Å². The maximum Gasteiger partial charge on any atom is 0.180 e. The van der Waals surface area contributed by atoms with Crippen molar-refractivity contribution in [1.29, 1.82) is 0 Å². The van der Waals surface area contributed by atoms with Crippen molar-refractivity contribution in [3.63, 3.8) is 0 Å². The van der Waals surface area contributed by atoms with E-state index >= 15 is 0 Å². The van der Waals surface area contributed by atoms with Gasteiger partial charge in [-0.1, -0.05) is 0 Å². The van der Waals surface area contributed by atoms with Crippen molar-refractivity contribution >= 4 is 11.2 Å². The molecule has 0 spiro atoms. The predicted octanol–water partition coefficient (Wildman–Crippen LogP) is 0.605. The minimum atomic E-state index is 0.703. The predicted molar refractivity (Wildman–Crippen MR) is 51.5 cm³/mol. The highest BCUT2D eigenvalue weighted by Gasteiger charge is 2.20. The van der Waals surface area contributed by atoms with Crippen LogP contribution in [-0.2, 0) is 6.54 Å². The second-order valence-corrected chi connectivity index (χ2v) is 3.60. The van der Waals surface area contributed by atoms with Gasteiger partial charge in [0.2, 0.25) is 0 Å². The zero-order valence-corrected chi connectivity index (χ0v) is 7.70. The van der Waals surface area contributed by atoms with Gasteiger partial charge in [-0.25, -0.2) is 15.0 Å². The summed E-state index contributed by atoms with van der Waals surface area (Å²) in [7, 11) is 0. The quantitative estimate of drug-likeness (QED) is 0.742. The van der Waals surface area contributed by atoms with Crippen molar-refractivity contribution in [2.45, 2.75) is 25.4 Å². The number of hydrogen-bond acceptors (Lipinski definition) is 4. The van der Waals surface area contributed by atoms with Gasteiger partial charge in [0.1, 0.15) is 17.7 Å². The van der Waals surface area contributed by atoms with E-state index in [-0.39, 0.29) is 0 Å². The molecule has 0 aliphatic heterocycles. The van der Waals surface area contributed by atoms with Gasteiger partial charge < -0.3 is 10.3 Å². The maximum absolute atomic E-state index is 4.34. The van der Waals surface area contributed by atoms with E-state index in [0.29, 0.717) is 6.04 Å². The second-order valence-electron chi connectivity index (χ2n) is 3.60. The lowest BCUT2D eigenvalue weighted by atomic mass is 10.5. The Bertz CT molecular complexity index is 412. The third-order valence-corrected chi connectivity index (χ3v) is 2.35. The first-order valence-corrected chi connectivity index (χ1v) is 4.80. The summed E-state index contributed by atoms with van der Waals surface area (Å²) in [4.78, 5) is 15.5. The van der Waals surface area contributed by atoms with Gasteiger partial charge in [-0.3, -0.25) is 0 Å². The monoisotopic (exact) mass is 189 g/mol. The number of nitrogens with one attached hydrogen (secondary N) is 2. The van der Waals surface area contributed by atoms with Crippen molar-refractivity contribution < 1.29 is 0 Å². The summed E-state index contributed by atoms with van der Waals surface area (Å²) in [6.07, 6.45) is 5.84. The van der Waals surface area contributed by atoms with Crippen LogP contribution in [0.2, 0.25) is 0 Å². The van der Waals surface area contributed by atoms with Crippen LogP contribution in [0.15, 0.2) is 12.5 Å². The maximum atomic E-state index is 4.34. The standard InChI is InChI=1S/C9H11N5/c1-2-6(1)11-4-8-13-7-3-10-5-12-9(7)14-8/h3,5-6,11H,1-2,4H2,(H,10,12,13,14). The fraction of sp³-hybridized carbons (Fsp3) is 0.444. The number of aromatic nitrogens is 4. The number of rotatable bonds is 3. The minimum absolute atomic E-state index is 0.703. The van der Waals surface area contributed by atoms with E-state index in [1.165, 1.54) is 19.2 Å². The highest BCUT2D eigenvalue weighted by molar-refractivity contribution is 5.68. The van der Waals surface area contributed by atoms with Gasteiger partial charge in [0, 0.05) is 6.04 Å². The van der Waals surface area contributed by atoms with Crippen LogP contribution < -0.4 is 5.32 Å². The summed E-state index contributed by atoms with van der Waals surface area (Å²) in [5.74, 6) is 0.937. The first-order chi connectivity index (χ1) is 6.92. The second kappa shape index (κ2) is 3.02. The molecule has 1 saturated carbocycles. The van der Waals surface area contributed by atoms with Gasteiger partial charge >= 0.3 is 0 Å². The average Bonchev–Trinajstić information content (AvgIpc) is 2.94. The first-order valence-electron chi connectivity index (χ1n) is 4.80. The van der Waals surface area contributed by atoms with Crippen LogP contribution in [0.3, 0.4) is 0 Å². The molecule has 0 atom stereocenters. The van der Waals surface area contributed by atoms with Gasteiger partial charge in [0.15, 0.2) is 5.65 Å². The lowest BCUT2D eigenvalue weighted by Gasteiger charge is -1.96. The Labute approximate surface area is 81.0 Å². The molecule has 0 saturated heterocycles. The van der Waals surface area contributed by atoms with E-state index in [0.717, 1.165) is 23.5 Å². The Hall–Kier alpha value is -1.49. The molecule has 14 heavy (non-hydrogen) atoms. The SMILES string of the molecule is c1ncc2[nH]c(CNC3CC3)nc2n1. The molecule has 2 aromatic rings. The molecule has 0 aromatic carbocycles.